The molecule has 572 valence electrons. The first-order valence-corrected chi connectivity index (χ1v) is 43.5. The highest BCUT2D eigenvalue weighted by Gasteiger charge is 2.26. The standard InChI is InChI=1S/C89H158NO8P/c1-3-5-7-9-11-13-15-17-19-21-23-25-27-29-31-33-35-37-39-41-43-45-47-49-51-53-55-57-59-61-63-65-67-69-71-73-75-77-79-81-88(91)95-85-87(86-97-99(93,94)96-84-83-90)98-89(92)82-80-78-76-74-72-70-68-66-64-62-60-58-56-54-52-50-48-46-44-42-40-38-36-34-32-30-28-26-24-22-20-18-16-14-12-10-8-6-4-2/h6,8,12,14-15,17-18,20-21,23-24,26-27,29-30,32,36,38,42,44,87H,3-5,7,9-11,13,16,19,22,25,28,31,33-35,37,39-41,43,45-86,90H2,1-2H3,(H,93,94)/b8-6-,14-12-,17-15-,20-18-,23-21-,26-24-,29-27-,32-30-,38-36-,44-42-. The van der Waals surface area contributed by atoms with E-state index in [2.05, 4.69) is 135 Å². The van der Waals surface area contributed by atoms with E-state index < -0.39 is 26.5 Å². The minimum absolute atomic E-state index is 0.0521. The monoisotopic (exact) mass is 1400 g/mol. The lowest BCUT2D eigenvalue weighted by Crippen LogP contribution is -2.29. The van der Waals surface area contributed by atoms with Crippen LogP contribution in [0.3, 0.4) is 0 Å². The molecule has 0 aliphatic carbocycles. The van der Waals surface area contributed by atoms with Crippen molar-refractivity contribution in [3.63, 3.8) is 0 Å². The van der Waals surface area contributed by atoms with Gasteiger partial charge in [0.2, 0.25) is 0 Å². The number of phosphoric acid groups is 1. The molecule has 0 aliphatic heterocycles. The third kappa shape index (κ3) is 83.2. The van der Waals surface area contributed by atoms with Crippen LogP contribution in [0.25, 0.3) is 0 Å². The molecule has 0 rings (SSSR count). The van der Waals surface area contributed by atoms with Gasteiger partial charge in [-0.05, 0) is 109 Å². The number of rotatable bonds is 79. The fraction of sp³-hybridized carbons (Fsp3) is 0.753. The summed E-state index contributed by atoms with van der Waals surface area (Å²) < 4.78 is 33.3. The van der Waals surface area contributed by atoms with E-state index in [9.17, 15) is 19.0 Å². The predicted molar refractivity (Wildman–Crippen MR) is 431 cm³/mol. The molecular weight excluding hydrogens is 1240 g/mol. The van der Waals surface area contributed by atoms with Gasteiger partial charge in [0, 0.05) is 19.4 Å². The zero-order valence-electron chi connectivity index (χ0n) is 64.7. The molecule has 0 aliphatic rings. The summed E-state index contributed by atoms with van der Waals surface area (Å²) >= 11 is 0. The third-order valence-electron chi connectivity index (χ3n) is 18.3. The van der Waals surface area contributed by atoms with Crippen molar-refractivity contribution in [2.24, 2.45) is 5.73 Å². The van der Waals surface area contributed by atoms with Crippen LogP contribution in [0, 0.1) is 0 Å². The van der Waals surface area contributed by atoms with E-state index in [0.717, 1.165) is 96.3 Å². The first-order valence-electron chi connectivity index (χ1n) is 42.0. The normalized spacial score (nSPS) is 13.5. The Kier molecular flexibility index (Phi) is 80.3. The van der Waals surface area contributed by atoms with Crippen LogP contribution in [0.5, 0.6) is 0 Å². The van der Waals surface area contributed by atoms with E-state index in [0.29, 0.717) is 6.42 Å². The van der Waals surface area contributed by atoms with E-state index in [1.54, 1.807) is 0 Å². The number of ether oxygens (including phenoxy) is 2. The minimum Gasteiger partial charge on any atom is -0.462 e. The number of unbranched alkanes of at least 4 members (excludes halogenated alkanes) is 46. The van der Waals surface area contributed by atoms with E-state index in [-0.39, 0.29) is 38.6 Å². The summed E-state index contributed by atoms with van der Waals surface area (Å²) in [6.07, 6.45) is 118. The molecule has 2 unspecified atom stereocenters. The fourth-order valence-corrected chi connectivity index (χ4v) is 12.9. The van der Waals surface area contributed by atoms with Crippen LogP contribution < -0.4 is 5.73 Å². The Bertz CT molecular complexity index is 2050. The molecule has 3 N–H and O–H groups in total. The zero-order chi connectivity index (χ0) is 71.5. The third-order valence-corrected chi connectivity index (χ3v) is 19.3. The summed E-state index contributed by atoms with van der Waals surface area (Å²) in [5.74, 6) is -0.812. The van der Waals surface area contributed by atoms with Crippen molar-refractivity contribution in [3.05, 3.63) is 122 Å². The number of hydrogen-bond donors (Lipinski definition) is 2. The Balaban J connectivity index is 3.78. The first-order chi connectivity index (χ1) is 48.8. The van der Waals surface area contributed by atoms with Crippen molar-refractivity contribution in [1.82, 2.24) is 0 Å². The van der Waals surface area contributed by atoms with E-state index in [1.165, 1.54) is 270 Å². The smallest absolute Gasteiger partial charge is 0.462 e. The number of phosphoric ester groups is 1. The maximum atomic E-state index is 12.8. The molecule has 99 heavy (non-hydrogen) atoms. The number of esters is 2. The molecule has 0 aromatic carbocycles. The Hall–Kier alpha value is -3.59. The number of carbonyl (C=O) groups is 2. The lowest BCUT2D eigenvalue weighted by Gasteiger charge is -2.19. The molecule has 0 aromatic rings. The summed E-state index contributed by atoms with van der Waals surface area (Å²) in [4.78, 5) is 35.5. The van der Waals surface area contributed by atoms with Crippen molar-refractivity contribution in [3.8, 4) is 0 Å². The van der Waals surface area contributed by atoms with E-state index in [4.69, 9.17) is 24.3 Å². The molecule has 0 amide bonds. The topological polar surface area (TPSA) is 134 Å². The van der Waals surface area contributed by atoms with Gasteiger partial charge < -0.3 is 20.1 Å². The zero-order valence-corrected chi connectivity index (χ0v) is 65.6. The van der Waals surface area contributed by atoms with Crippen molar-refractivity contribution in [1.29, 1.82) is 0 Å². The lowest BCUT2D eigenvalue weighted by atomic mass is 10.0. The van der Waals surface area contributed by atoms with Gasteiger partial charge in [-0.1, -0.05) is 399 Å². The molecule has 0 saturated carbocycles. The van der Waals surface area contributed by atoms with Crippen molar-refractivity contribution >= 4 is 19.8 Å². The lowest BCUT2D eigenvalue weighted by molar-refractivity contribution is -0.161. The Morgan fingerprint density at radius 2 is 0.556 bits per heavy atom. The first kappa shape index (κ1) is 95.4. The summed E-state index contributed by atoms with van der Waals surface area (Å²) in [6, 6.07) is 0. The summed E-state index contributed by atoms with van der Waals surface area (Å²) in [7, 11) is -4.40. The summed E-state index contributed by atoms with van der Waals surface area (Å²) in [6.45, 7) is 3.67. The van der Waals surface area contributed by atoms with Crippen LogP contribution in [0.4, 0.5) is 0 Å². The molecule has 0 fully saturated rings. The second-order valence-corrected chi connectivity index (χ2v) is 29.4. The highest BCUT2D eigenvalue weighted by molar-refractivity contribution is 7.47. The molecule has 0 radical (unpaired) electrons. The second-order valence-electron chi connectivity index (χ2n) is 28.0. The highest BCUT2D eigenvalue weighted by Crippen LogP contribution is 2.43. The van der Waals surface area contributed by atoms with E-state index in [1.807, 2.05) is 0 Å². The molecule has 2 atom stereocenters. The van der Waals surface area contributed by atoms with Gasteiger partial charge in [0.15, 0.2) is 6.10 Å². The average Bonchev–Trinajstić information content (AvgIpc) is 1.35. The number of nitrogens with two attached hydrogens (primary N) is 1. The van der Waals surface area contributed by atoms with Gasteiger partial charge in [0.05, 0.1) is 13.2 Å². The molecule has 0 bridgehead atoms. The van der Waals surface area contributed by atoms with Gasteiger partial charge in [-0.25, -0.2) is 4.57 Å². The fourth-order valence-electron chi connectivity index (χ4n) is 12.2. The van der Waals surface area contributed by atoms with E-state index >= 15 is 0 Å². The van der Waals surface area contributed by atoms with Gasteiger partial charge in [-0.3, -0.25) is 18.6 Å². The minimum atomic E-state index is -4.40. The molecule has 0 saturated heterocycles. The second kappa shape index (κ2) is 83.4. The van der Waals surface area contributed by atoms with Crippen LogP contribution >= 0.6 is 7.82 Å². The van der Waals surface area contributed by atoms with Gasteiger partial charge in [0.25, 0.3) is 0 Å². The van der Waals surface area contributed by atoms with Crippen LogP contribution in [0.15, 0.2) is 122 Å². The SMILES string of the molecule is CC/C=C\C/C=C\C/C=C\C/C=C\C/C=C\C/C=C\C/C=C\CCCCCCCCCCCCCCCCCCCC(=O)OC(COC(=O)CCCCCCCCCCCCCCCCCCCCCCCCCC/C=C\C/C=C\C/C=C\CCCCCCC)COP(=O)(O)OCCN. The molecule has 0 aromatic heterocycles. The Morgan fingerprint density at radius 1 is 0.313 bits per heavy atom. The number of hydrogen-bond acceptors (Lipinski definition) is 8. The van der Waals surface area contributed by atoms with Gasteiger partial charge in [0.1, 0.15) is 6.61 Å². The molecule has 0 spiro atoms. The highest BCUT2D eigenvalue weighted by atomic mass is 31.2. The molecule has 9 nitrogen and oxygen atoms in total. The van der Waals surface area contributed by atoms with Crippen LogP contribution in [-0.2, 0) is 32.7 Å². The van der Waals surface area contributed by atoms with Gasteiger partial charge in [-0.15, -0.1) is 0 Å². The largest absolute Gasteiger partial charge is 0.472 e. The van der Waals surface area contributed by atoms with Crippen LogP contribution in [-0.4, -0.2) is 49.3 Å². The number of allylic oxidation sites excluding steroid dienone is 20. The van der Waals surface area contributed by atoms with Crippen molar-refractivity contribution < 1.29 is 37.6 Å². The number of carbonyl (C=O) groups excluding carboxylic acids is 2. The Morgan fingerprint density at radius 3 is 0.828 bits per heavy atom. The van der Waals surface area contributed by atoms with Crippen molar-refractivity contribution in [2.45, 2.75) is 405 Å². The van der Waals surface area contributed by atoms with Crippen LogP contribution in [0.2, 0.25) is 0 Å². The predicted octanol–water partition coefficient (Wildman–Crippen LogP) is 28.5. The maximum absolute atomic E-state index is 12.8. The quantitative estimate of drug-likeness (QED) is 0.0264. The average molecular weight is 1400 g/mol. The molecule has 0 heterocycles. The Labute approximate surface area is 612 Å². The molecule has 10 heteroatoms. The maximum Gasteiger partial charge on any atom is 0.472 e. The van der Waals surface area contributed by atoms with Gasteiger partial charge >= 0.3 is 19.8 Å². The molecular formula is C89H158NO8P. The summed E-state index contributed by atoms with van der Waals surface area (Å²) in [5, 5.41) is 0. The van der Waals surface area contributed by atoms with Crippen LogP contribution in [0.1, 0.15) is 399 Å². The summed E-state index contributed by atoms with van der Waals surface area (Å²) in [5.41, 5.74) is 5.42. The van der Waals surface area contributed by atoms with Crippen molar-refractivity contribution in [2.75, 3.05) is 26.4 Å². The van der Waals surface area contributed by atoms with Gasteiger partial charge in [-0.2, -0.15) is 0 Å².